The van der Waals surface area contributed by atoms with Crippen molar-refractivity contribution in [2.45, 2.75) is 51.6 Å². The molecule has 5 nitrogen and oxygen atoms in total. The Bertz CT molecular complexity index is 438. The van der Waals surface area contributed by atoms with Crippen LogP contribution in [0.4, 0.5) is 0 Å². The number of hydrogen-bond donors (Lipinski definition) is 1. The number of ether oxygens (including phenoxy) is 1. The summed E-state index contributed by atoms with van der Waals surface area (Å²) in [5, 5.41) is 9.61. The van der Waals surface area contributed by atoms with Crippen LogP contribution in [0, 0.1) is 17.3 Å². The number of aliphatic carboxylic acids is 1. The van der Waals surface area contributed by atoms with Crippen LogP contribution in [0.15, 0.2) is 0 Å². The summed E-state index contributed by atoms with van der Waals surface area (Å²) in [5.74, 6) is -0.375. The van der Waals surface area contributed by atoms with Crippen LogP contribution >= 0.6 is 0 Å². The number of carbonyl (C=O) groups is 2. The Morgan fingerprint density at radius 3 is 2.86 bits per heavy atom. The zero-order valence-electron chi connectivity index (χ0n) is 12.7. The minimum atomic E-state index is -0.710. The molecule has 1 aliphatic carbocycles. The van der Waals surface area contributed by atoms with Crippen LogP contribution < -0.4 is 0 Å². The van der Waals surface area contributed by atoms with Gasteiger partial charge in [-0.05, 0) is 38.0 Å². The van der Waals surface area contributed by atoms with E-state index < -0.39 is 11.4 Å². The molecule has 0 bridgehead atoms. The van der Waals surface area contributed by atoms with E-state index in [-0.39, 0.29) is 23.8 Å². The highest BCUT2D eigenvalue weighted by Crippen LogP contribution is 2.49. The van der Waals surface area contributed by atoms with E-state index in [9.17, 15) is 14.7 Å². The van der Waals surface area contributed by atoms with Crippen molar-refractivity contribution in [3.8, 4) is 0 Å². The molecule has 5 heteroatoms. The topological polar surface area (TPSA) is 66.8 Å². The molecule has 2 saturated heterocycles. The lowest BCUT2D eigenvalue weighted by Crippen LogP contribution is -2.41. The second-order valence-corrected chi connectivity index (χ2v) is 6.89. The molecule has 1 N–H and O–H groups in total. The smallest absolute Gasteiger partial charge is 0.311 e. The Hall–Kier alpha value is -1.10. The zero-order valence-corrected chi connectivity index (χ0v) is 12.7. The molecule has 0 aromatic rings. The van der Waals surface area contributed by atoms with E-state index in [4.69, 9.17) is 4.74 Å². The molecule has 3 aliphatic rings. The van der Waals surface area contributed by atoms with Crippen LogP contribution in [0.3, 0.4) is 0 Å². The van der Waals surface area contributed by atoms with Crippen molar-refractivity contribution in [2.75, 3.05) is 19.7 Å². The quantitative estimate of drug-likeness (QED) is 0.863. The van der Waals surface area contributed by atoms with Gasteiger partial charge >= 0.3 is 5.97 Å². The van der Waals surface area contributed by atoms with Crippen LogP contribution in [0.1, 0.15) is 45.4 Å². The molecule has 0 aromatic carbocycles. The first-order chi connectivity index (χ1) is 10.1. The second kappa shape index (κ2) is 5.59. The molecule has 21 heavy (non-hydrogen) atoms. The summed E-state index contributed by atoms with van der Waals surface area (Å²) < 4.78 is 5.64. The molecule has 0 radical (unpaired) electrons. The van der Waals surface area contributed by atoms with E-state index in [1.165, 1.54) is 0 Å². The average Bonchev–Trinajstić information content (AvgIpc) is 3.04. The number of carbonyl (C=O) groups excluding carboxylic acids is 1. The molecule has 3 rings (SSSR count). The Kier molecular flexibility index (Phi) is 3.95. The fourth-order valence-electron chi connectivity index (χ4n) is 4.45. The summed E-state index contributed by atoms with van der Waals surface area (Å²) in [6.07, 6.45) is 5.33. The standard InChI is InChI=1S/C16H25NO4/c1-2-13-8-11(5-7-21-13)14(18)17-9-12-4-3-6-16(12,10-17)15(19)20/h11-13H,2-10H2,1H3,(H,19,20)/t11?,12-,13?,16+/m0/s1. The molecular formula is C16H25NO4. The van der Waals surface area contributed by atoms with Crippen LogP contribution in [-0.4, -0.2) is 47.7 Å². The lowest BCUT2D eigenvalue weighted by atomic mass is 9.81. The number of rotatable bonds is 3. The number of carboxylic acid groups (broad SMARTS) is 1. The van der Waals surface area contributed by atoms with Crippen molar-refractivity contribution in [2.24, 2.45) is 17.3 Å². The van der Waals surface area contributed by atoms with E-state index in [1.54, 1.807) is 0 Å². The molecule has 2 unspecified atom stereocenters. The normalized spacial score (nSPS) is 39.3. The molecule has 4 atom stereocenters. The monoisotopic (exact) mass is 295 g/mol. The maximum atomic E-state index is 12.7. The predicted octanol–water partition coefficient (Wildman–Crippen LogP) is 1.90. The van der Waals surface area contributed by atoms with Gasteiger partial charge in [-0.2, -0.15) is 0 Å². The summed E-state index contributed by atoms with van der Waals surface area (Å²) in [5.41, 5.74) is -0.662. The van der Waals surface area contributed by atoms with E-state index in [2.05, 4.69) is 6.92 Å². The Morgan fingerprint density at radius 1 is 1.38 bits per heavy atom. The van der Waals surface area contributed by atoms with E-state index in [1.807, 2.05) is 4.90 Å². The highest BCUT2D eigenvalue weighted by molar-refractivity contribution is 5.83. The van der Waals surface area contributed by atoms with Crippen molar-refractivity contribution in [1.82, 2.24) is 4.90 Å². The average molecular weight is 295 g/mol. The van der Waals surface area contributed by atoms with Crippen LogP contribution in [0.25, 0.3) is 0 Å². The molecule has 0 spiro atoms. The molecule has 0 aromatic heterocycles. The van der Waals surface area contributed by atoms with Crippen LogP contribution in [-0.2, 0) is 14.3 Å². The summed E-state index contributed by atoms with van der Waals surface area (Å²) in [7, 11) is 0. The number of amides is 1. The minimum Gasteiger partial charge on any atom is -0.481 e. The van der Waals surface area contributed by atoms with Gasteiger partial charge in [0, 0.05) is 25.6 Å². The lowest BCUT2D eigenvalue weighted by Gasteiger charge is -2.31. The van der Waals surface area contributed by atoms with Crippen molar-refractivity contribution >= 4 is 11.9 Å². The first-order valence-electron chi connectivity index (χ1n) is 8.20. The van der Waals surface area contributed by atoms with Gasteiger partial charge in [0.05, 0.1) is 11.5 Å². The van der Waals surface area contributed by atoms with E-state index in [0.29, 0.717) is 19.7 Å². The van der Waals surface area contributed by atoms with Gasteiger partial charge in [-0.25, -0.2) is 0 Å². The number of fused-ring (bicyclic) bond motifs is 1. The zero-order chi connectivity index (χ0) is 15.0. The molecule has 118 valence electrons. The van der Waals surface area contributed by atoms with Crippen molar-refractivity contribution in [3.05, 3.63) is 0 Å². The summed E-state index contributed by atoms with van der Waals surface area (Å²) in [6, 6.07) is 0. The van der Waals surface area contributed by atoms with Gasteiger partial charge in [0.1, 0.15) is 0 Å². The van der Waals surface area contributed by atoms with Gasteiger partial charge in [-0.3, -0.25) is 9.59 Å². The molecule has 1 amide bonds. The number of hydrogen-bond acceptors (Lipinski definition) is 3. The summed E-state index contributed by atoms with van der Waals surface area (Å²) in [6.45, 7) is 3.78. The van der Waals surface area contributed by atoms with Gasteiger partial charge in [0.15, 0.2) is 0 Å². The van der Waals surface area contributed by atoms with E-state index >= 15 is 0 Å². The lowest BCUT2D eigenvalue weighted by molar-refractivity contribution is -0.150. The molecule has 3 fully saturated rings. The van der Waals surface area contributed by atoms with Gasteiger partial charge in [0.2, 0.25) is 5.91 Å². The van der Waals surface area contributed by atoms with Gasteiger partial charge in [0.25, 0.3) is 0 Å². The second-order valence-electron chi connectivity index (χ2n) is 6.89. The largest absolute Gasteiger partial charge is 0.481 e. The van der Waals surface area contributed by atoms with E-state index in [0.717, 1.165) is 38.5 Å². The number of nitrogens with zero attached hydrogens (tertiary/aromatic N) is 1. The molecular weight excluding hydrogens is 270 g/mol. The number of likely N-dealkylation sites (tertiary alicyclic amines) is 1. The van der Waals surface area contributed by atoms with Crippen LogP contribution in [0.5, 0.6) is 0 Å². The summed E-state index contributed by atoms with van der Waals surface area (Å²) >= 11 is 0. The van der Waals surface area contributed by atoms with Crippen molar-refractivity contribution in [3.63, 3.8) is 0 Å². The molecule has 2 aliphatic heterocycles. The first kappa shape index (κ1) is 14.8. The molecule has 2 heterocycles. The van der Waals surface area contributed by atoms with Gasteiger partial charge in [-0.15, -0.1) is 0 Å². The third-order valence-corrected chi connectivity index (χ3v) is 5.78. The maximum absolute atomic E-state index is 12.7. The SMILES string of the molecule is CCC1CC(C(=O)N2C[C@@H]3CCC[C@@]3(C(=O)O)C2)CCO1. The Morgan fingerprint density at radius 2 is 2.19 bits per heavy atom. The number of carboxylic acids is 1. The Labute approximate surface area is 125 Å². The van der Waals surface area contributed by atoms with Crippen molar-refractivity contribution < 1.29 is 19.4 Å². The fraction of sp³-hybridized carbons (Fsp3) is 0.875. The van der Waals surface area contributed by atoms with Gasteiger partial charge in [-0.1, -0.05) is 13.3 Å². The summed E-state index contributed by atoms with van der Waals surface area (Å²) in [4.78, 5) is 26.3. The highest BCUT2D eigenvalue weighted by atomic mass is 16.5. The first-order valence-corrected chi connectivity index (χ1v) is 8.20. The predicted molar refractivity (Wildman–Crippen MR) is 76.7 cm³/mol. The minimum absolute atomic E-state index is 0.0216. The van der Waals surface area contributed by atoms with Crippen molar-refractivity contribution in [1.29, 1.82) is 0 Å². The van der Waals surface area contributed by atoms with Gasteiger partial charge < -0.3 is 14.7 Å². The maximum Gasteiger partial charge on any atom is 0.311 e. The highest BCUT2D eigenvalue weighted by Gasteiger charge is 2.56. The third-order valence-electron chi connectivity index (χ3n) is 5.78. The fourth-order valence-corrected chi connectivity index (χ4v) is 4.45. The van der Waals surface area contributed by atoms with Crippen LogP contribution in [0.2, 0.25) is 0 Å². The Balaban J connectivity index is 1.68. The molecule has 1 saturated carbocycles. The third kappa shape index (κ3) is 2.45.